The number of halogens is 3. The normalized spacial score (nSPS) is 24.3. The number of hydrogen-bond donors (Lipinski definition) is 5. The number of aryl methyl sites for hydroxylation is 1. The van der Waals surface area contributed by atoms with Gasteiger partial charge >= 0.3 is 6.18 Å². The number of rotatable bonds is 10. The van der Waals surface area contributed by atoms with Crippen molar-refractivity contribution in [3.8, 4) is 10.6 Å². The van der Waals surface area contributed by atoms with Crippen LogP contribution in [-0.2, 0) is 4.74 Å². The fourth-order valence-corrected chi connectivity index (χ4v) is 6.00. The lowest BCUT2D eigenvalue weighted by Crippen LogP contribution is -2.38. The van der Waals surface area contributed by atoms with E-state index in [2.05, 4.69) is 25.6 Å². The molecule has 0 unspecified atom stereocenters. The molecule has 0 radical (unpaired) electrons. The molecule has 0 amide bonds. The Morgan fingerprint density at radius 2 is 1.95 bits per heavy atom. The van der Waals surface area contributed by atoms with Gasteiger partial charge in [-0.1, -0.05) is 0 Å². The van der Waals surface area contributed by atoms with E-state index in [0.717, 1.165) is 28.8 Å². The van der Waals surface area contributed by atoms with Crippen LogP contribution in [0.4, 0.5) is 24.9 Å². The van der Waals surface area contributed by atoms with Crippen molar-refractivity contribution in [2.75, 3.05) is 30.4 Å². The number of fused-ring (bicyclic) bond motifs is 1. The first kappa shape index (κ1) is 27.9. The summed E-state index contributed by atoms with van der Waals surface area (Å²) >= 11 is 1.42. The summed E-state index contributed by atoms with van der Waals surface area (Å²) in [5.41, 5.74) is 2.74. The highest BCUT2D eigenvalue weighted by molar-refractivity contribution is 7.21. The number of aromatic nitrogens is 4. The molecule has 3 heterocycles. The number of nitrogens with one attached hydrogen (secondary N) is 2. The number of alkyl halides is 3. The molecular formula is C25H31F3N6O4S. The molecule has 212 valence electrons. The minimum absolute atomic E-state index is 0.0547. The van der Waals surface area contributed by atoms with Gasteiger partial charge in [0, 0.05) is 31.2 Å². The van der Waals surface area contributed by atoms with E-state index in [4.69, 9.17) is 9.72 Å². The molecule has 14 heteroatoms. The SMILES string of the molecule is CCO[C@@H](CNc1nc(C)c(-c2nc3c(C4CC4)nccc3s2)c(N[C@@H]2C[C@H](CO)[C@@H](O)[C@H]2O)n1)C(F)(F)F. The molecule has 0 bridgehead atoms. The van der Waals surface area contributed by atoms with Gasteiger partial charge in [-0.05, 0) is 39.2 Å². The second-order valence-corrected chi connectivity index (χ2v) is 11.0. The van der Waals surface area contributed by atoms with Gasteiger partial charge in [-0.15, -0.1) is 11.3 Å². The van der Waals surface area contributed by atoms with Crippen molar-refractivity contribution in [3.05, 3.63) is 23.7 Å². The second kappa shape index (κ2) is 11.1. The maximum Gasteiger partial charge on any atom is 0.416 e. The van der Waals surface area contributed by atoms with Crippen LogP contribution >= 0.6 is 11.3 Å². The molecule has 0 saturated heterocycles. The van der Waals surface area contributed by atoms with E-state index in [1.165, 1.54) is 18.3 Å². The number of pyridine rings is 1. The molecule has 5 N–H and O–H groups in total. The second-order valence-electron chi connectivity index (χ2n) is 9.97. The largest absolute Gasteiger partial charge is 0.416 e. The van der Waals surface area contributed by atoms with Gasteiger partial charge in [0.25, 0.3) is 0 Å². The zero-order valence-electron chi connectivity index (χ0n) is 21.4. The molecule has 2 saturated carbocycles. The van der Waals surface area contributed by atoms with Crippen LogP contribution < -0.4 is 10.6 Å². The Hall–Kier alpha value is -2.65. The van der Waals surface area contributed by atoms with Crippen LogP contribution in [0, 0.1) is 12.8 Å². The molecule has 2 fully saturated rings. The maximum atomic E-state index is 13.4. The number of ether oxygens (including phenoxy) is 1. The lowest BCUT2D eigenvalue weighted by Gasteiger charge is -2.23. The Morgan fingerprint density at radius 1 is 1.18 bits per heavy atom. The van der Waals surface area contributed by atoms with Crippen molar-refractivity contribution < 1.29 is 33.2 Å². The maximum absolute atomic E-state index is 13.4. The summed E-state index contributed by atoms with van der Waals surface area (Å²) in [6.45, 7) is 2.19. The highest BCUT2D eigenvalue weighted by atomic mass is 32.1. The standard InChI is InChI=1S/C25H31F3N6O4S/c1-3-38-16(25(26,27)28)9-30-24-31-11(2)17(22(34-24)32-14-8-13(10-35)20(36)21(14)37)23-33-19-15(39-23)6-7-29-18(19)12-4-5-12/h6-7,12-14,16,20-21,35-37H,3-5,8-10H2,1-2H3,(H2,30,31,32,34)/t13-,14-,16+,20-,21+/m1/s1. The minimum atomic E-state index is -4.57. The van der Waals surface area contributed by atoms with Crippen LogP contribution in [0.2, 0.25) is 0 Å². The molecule has 3 aromatic heterocycles. The van der Waals surface area contributed by atoms with Gasteiger partial charge in [0.15, 0.2) is 6.10 Å². The predicted molar refractivity (Wildman–Crippen MR) is 140 cm³/mol. The van der Waals surface area contributed by atoms with Crippen LogP contribution in [0.25, 0.3) is 20.8 Å². The first-order chi connectivity index (χ1) is 18.6. The number of hydrogen-bond acceptors (Lipinski definition) is 11. The monoisotopic (exact) mass is 568 g/mol. The van der Waals surface area contributed by atoms with E-state index in [0.29, 0.717) is 22.2 Å². The molecule has 3 aromatic rings. The molecule has 2 aliphatic rings. The number of aliphatic hydroxyl groups is 3. The molecule has 5 atom stereocenters. The Bertz CT molecular complexity index is 1320. The Kier molecular flexibility index (Phi) is 7.93. The smallest absolute Gasteiger partial charge is 0.396 e. The molecule has 0 aliphatic heterocycles. The molecule has 39 heavy (non-hydrogen) atoms. The van der Waals surface area contributed by atoms with Crippen LogP contribution in [0.3, 0.4) is 0 Å². The molecule has 0 aromatic carbocycles. The third kappa shape index (κ3) is 5.80. The summed E-state index contributed by atoms with van der Waals surface area (Å²) in [5.74, 6) is 0.0400. The number of nitrogens with zero attached hydrogens (tertiary/aromatic N) is 4. The zero-order valence-corrected chi connectivity index (χ0v) is 22.3. The minimum Gasteiger partial charge on any atom is -0.396 e. The van der Waals surface area contributed by atoms with Crippen molar-refractivity contribution in [2.24, 2.45) is 5.92 Å². The van der Waals surface area contributed by atoms with Gasteiger partial charge in [-0.25, -0.2) is 9.97 Å². The van der Waals surface area contributed by atoms with Gasteiger partial charge in [0.05, 0.1) is 40.3 Å². The van der Waals surface area contributed by atoms with E-state index in [-0.39, 0.29) is 31.4 Å². The van der Waals surface area contributed by atoms with E-state index in [9.17, 15) is 28.5 Å². The number of thiazole rings is 1. The van der Waals surface area contributed by atoms with Crippen LogP contribution in [0.5, 0.6) is 0 Å². The van der Waals surface area contributed by atoms with Gasteiger partial charge in [0.2, 0.25) is 5.95 Å². The predicted octanol–water partition coefficient (Wildman–Crippen LogP) is 3.23. The molecular weight excluding hydrogens is 537 g/mol. The van der Waals surface area contributed by atoms with Crippen molar-refractivity contribution in [3.63, 3.8) is 0 Å². The topological polar surface area (TPSA) is 146 Å². The molecule has 5 rings (SSSR count). The Balaban J connectivity index is 1.52. The molecule has 10 nitrogen and oxygen atoms in total. The highest BCUT2D eigenvalue weighted by Crippen LogP contribution is 2.44. The van der Waals surface area contributed by atoms with Gasteiger partial charge < -0.3 is 30.7 Å². The van der Waals surface area contributed by atoms with Crippen LogP contribution in [0.1, 0.15) is 43.5 Å². The Morgan fingerprint density at radius 3 is 2.59 bits per heavy atom. The average molecular weight is 569 g/mol. The molecule has 2 aliphatic carbocycles. The highest BCUT2D eigenvalue weighted by Gasteiger charge is 2.42. The summed E-state index contributed by atoms with van der Waals surface area (Å²) < 4.78 is 45.9. The van der Waals surface area contributed by atoms with Crippen molar-refractivity contribution in [1.29, 1.82) is 0 Å². The molecule has 0 spiro atoms. The first-order valence-electron chi connectivity index (χ1n) is 12.9. The third-order valence-electron chi connectivity index (χ3n) is 7.14. The van der Waals surface area contributed by atoms with Gasteiger partial charge in [0.1, 0.15) is 22.4 Å². The summed E-state index contributed by atoms with van der Waals surface area (Å²) in [5, 5.41) is 36.9. The third-order valence-corrected chi connectivity index (χ3v) is 8.18. The van der Waals surface area contributed by atoms with Crippen molar-refractivity contribution >= 4 is 33.3 Å². The number of aliphatic hydroxyl groups excluding tert-OH is 3. The lowest BCUT2D eigenvalue weighted by molar-refractivity contribution is -0.214. The van der Waals surface area contributed by atoms with Gasteiger partial charge in [-0.3, -0.25) is 4.98 Å². The van der Waals surface area contributed by atoms with E-state index in [1.807, 2.05) is 6.07 Å². The van der Waals surface area contributed by atoms with Crippen molar-refractivity contribution in [2.45, 2.75) is 69.6 Å². The lowest BCUT2D eigenvalue weighted by atomic mass is 10.1. The summed E-state index contributed by atoms with van der Waals surface area (Å²) in [7, 11) is 0. The quantitative estimate of drug-likeness (QED) is 0.247. The summed E-state index contributed by atoms with van der Waals surface area (Å²) in [4.78, 5) is 18.3. The first-order valence-corrected chi connectivity index (χ1v) is 13.7. The average Bonchev–Trinajstić information content (AvgIpc) is 3.58. The Labute approximate surface area is 226 Å². The zero-order chi connectivity index (χ0) is 27.9. The fourth-order valence-electron chi connectivity index (χ4n) is 4.93. The fraction of sp³-hybridized carbons (Fsp3) is 0.600. The summed E-state index contributed by atoms with van der Waals surface area (Å²) in [6, 6.07) is 1.22. The van der Waals surface area contributed by atoms with Crippen LogP contribution in [0.15, 0.2) is 12.3 Å². The van der Waals surface area contributed by atoms with Crippen molar-refractivity contribution in [1.82, 2.24) is 19.9 Å². The van der Waals surface area contributed by atoms with E-state index < -0.39 is 43.0 Å². The summed E-state index contributed by atoms with van der Waals surface area (Å²) in [6.07, 6.45) is -4.80. The van der Waals surface area contributed by atoms with Gasteiger partial charge in [-0.2, -0.15) is 18.2 Å². The van der Waals surface area contributed by atoms with E-state index in [1.54, 1.807) is 13.1 Å². The van der Waals surface area contributed by atoms with Crippen LogP contribution in [-0.4, -0.2) is 85.5 Å². The number of anilines is 2. The van der Waals surface area contributed by atoms with E-state index >= 15 is 0 Å².